The summed E-state index contributed by atoms with van der Waals surface area (Å²) in [5.74, 6) is -2.72. The van der Waals surface area contributed by atoms with E-state index < -0.39 is 12.0 Å². The molecule has 1 aliphatic rings. The third kappa shape index (κ3) is 1.44. The second-order valence-corrected chi connectivity index (χ2v) is 2.69. The van der Waals surface area contributed by atoms with Gasteiger partial charge in [0.25, 0.3) is 5.92 Å². The quantitative estimate of drug-likeness (QED) is 0.557. The second-order valence-electron chi connectivity index (χ2n) is 2.69. The maximum absolute atomic E-state index is 12.6. The summed E-state index contributed by atoms with van der Waals surface area (Å²) in [6, 6.07) is -1.03. The van der Waals surface area contributed by atoms with Gasteiger partial charge in [0.1, 0.15) is 0 Å². The van der Waals surface area contributed by atoms with Crippen LogP contribution >= 0.6 is 0 Å². The summed E-state index contributed by atoms with van der Waals surface area (Å²) in [4.78, 5) is 0. The molecule has 60 valence electrons. The minimum atomic E-state index is -2.72. The van der Waals surface area contributed by atoms with Crippen molar-refractivity contribution in [2.24, 2.45) is 0 Å². The van der Waals surface area contributed by atoms with Crippen molar-refractivity contribution < 1.29 is 14.0 Å². The van der Waals surface area contributed by atoms with E-state index in [1.807, 2.05) is 0 Å². The van der Waals surface area contributed by atoms with Gasteiger partial charge >= 0.3 is 0 Å². The summed E-state index contributed by atoms with van der Waals surface area (Å²) in [6.45, 7) is 0. The lowest BCUT2D eigenvalue weighted by atomic mass is 9.92. The van der Waals surface area contributed by atoms with E-state index in [1.165, 1.54) is 0 Å². The summed E-state index contributed by atoms with van der Waals surface area (Å²) >= 11 is 0. The molecule has 0 heterocycles. The monoisotopic (exact) mass is 151 g/mol. The maximum atomic E-state index is 12.6. The first-order chi connectivity index (χ1) is 4.67. The highest BCUT2D eigenvalue weighted by Crippen LogP contribution is 2.32. The molecule has 0 radical (unpaired) electrons. The Balaban J connectivity index is 2.51. The number of hydrogen-bond acceptors (Lipinski definition) is 2. The van der Waals surface area contributed by atoms with Crippen LogP contribution in [0.15, 0.2) is 0 Å². The Hall–Kier alpha value is -0.220. The van der Waals surface area contributed by atoms with Crippen LogP contribution in [-0.2, 0) is 0 Å². The predicted molar refractivity (Wildman–Crippen MR) is 32.1 cm³/mol. The van der Waals surface area contributed by atoms with Crippen LogP contribution in [0.5, 0.6) is 0 Å². The van der Waals surface area contributed by atoms with Crippen molar-refractivity contribution in [3.8, 4) is 0 Å². The Morgan fingerprint density at radius 1 is 1.40 bits per heavy atom. The summed E-state index contributed by atoms with van der Waals surface area (Å²) < 4.78 is 25.3. The largest absolute Gasteiger partial charge is 0.316 e. The van der Waals surface area contributed by atoms with Gasteiger partial charge in [0.2, 0.25) is 0 Å². The summed E-state index contributed by atoms with van der Waals surface area (Å²) in [6.07, 6.45) is 1.59. The van der Waals surface area contributed by atoms with Crippen LogP contribution in [0.2, 0.25) is 0 Å². The Morgan fingerprint density at radius 2 is 2.10 bits per heavy atom. The average molecular weight is 151 g/mol. The van der Waals surface area contributed by atoms with E-state index in [1.54, 1.807) is 5.48 Å². The highest BCUT2D eigenvalue weighted by atomic mass is 19.3. The molecule has 1 rings (SSSR count). The van der Waals surface area contributed by atoms with E-state index in [0.717, 1.165) is 6.42 Å². The van der Waals surface area contributed by atoms with Gasteiger partial charge < -0.3 is 5.21 Å². The first-order valence-corrected chi connectivity index (χ1v) is 3.44. The van der Waals surface area contributed by atoms with E-state index in [9.17, 15) is 8.78 Å². The number of nitrogens with one attached hydrogen (secondary N) is 1. The van der Waals surface area contributed by atoms with Gasteiger partial charge in [-0.15, -0.1) is 0 Å². The Bertz CT molecular complexity index is 118. The van der Waals surface area contributed by atoms with Crippen molar-refractivity contribution in [1.82, 2.24) is 5.48 Å². The molecule has 2 N–H and O–H groups in total. The fourth-order valence-electron chi connectivity index (χ4n) is 1.25. The zero-order valence-corrected chi connectivity index (χ0v) is 5.61. The SMILES string of the molecule is ONC1CCCCC1(F)F. The predicted octanol–water partition coefficient (Wildman–Crippen LogP) is 1.54. The van der Waals surface area contributed by atoms with Crippen LogP contribution in [0.1, 0.15) is 25.7 Å². The number of halogens is 2. The molecule has 1 saturated carbocycles. The van der Waals surface area contributed by atoms with Crippen LogP contribution in [0.3, 0.4) is 0 Å². The zero-order chi connectivity index (χ0) is 7.61. The Kier molecular flexibility index (Phi) is 2.21. The average Bonchev–Trinajstić information content (AvgIpc) is 1.87. The molecule has 1 aliphatic carbocycles. The summed E-state index contributed by atoms with van der Waals surface area (Å²) in [5.41, 5.74) is 1.64. The molecule has 0 aromatic rings. The number of alkyl halides is 2. The molecule has 0 spiro atoms. The van der Waals surface area contributed by atoms with Crippen LogP contribution in [0.25, 0.3) is 0 Å². The fraction of sp³-hybridized carbons (Fsp3) is 1.00. The van der Waals surface area contributed by atoms with E-state index in [4.69, 9.17) is 5.21 Å². The molecule has 1 atom stereocenters. The van der Waals surface area contributed by atoms with Crippen LogP contribution in [0, 0.1) is 0 Å². The lowest BCUT2D eigenvalue weighted by Crippen LogP contribution is -2.45. The Morgan fingerprint density at radius 3 is 2.50 bits per heavy atom. The van der Waals surface area contributed by atoms with Gasteiger partial charge in [-0.05, 0) is 12.8 Å². The van der Waals surface area contributed by atoms with E-state index in [-0.39, 0.29) is 6.42 Å². The lowest BCUT2D eigenvalue weighted by Gasteiger charge is -2.29. The zero-order valence-electron chi connectivity index (χ0n) is 5.61. The van der Waals surface area contributed by atoms with Gasteiger partial charge in [-0.2, -0.15) is 5.48 Å². The van der Waals surface area contributed by atoms with Crippen LogP contribution in [0.4, 0.5) is 8.78 Å². The molecule has 0 aromatic carbocycles. The molecule has 1 fully saturated rings. The van der Waals surface area contributed by atoms with Gasteiger partial charge in [-0.25, -0.2) is 8.78 Å². The highest BCUT2D eigenvalue weighted by Gasteiger charge is 2.40. The lowest BCUT2D eigenvalue weighted by molar-refractivity contribution is -0.0982. The van der Waals surface area contributed by atoms with Crippen molar-refractivity contribution in [3.63, 3.8) is 0 Å². The van der Waals surface area contributed by atoms with Crippen LogP contribution in [-0.4, -0.2) is 17.2 Å². The van der Waals surface area contributed by atoms with Gasteiger partial charge in [0.15, 0.2) is 0 Å². The molecule has 0 aliphatic heterocycles. The highest BCUT2D eigenvalue weighted by molar-refractivity contribution is 4.84. The van der Waals surface area contributed by atoms with E-state index in [0.29, 0.717) is 12.8 Å². The molecule has 4 heteroatoms. The van der Waals surface area contributed by atoms with Gasteiger partial charge in [-0.3, -0.25) is 0 Å². The van der Waals surface area contributed by atoms with E-state index >= 15 is 0 Å². The number of hydroxylamine groups is 1. The van der Waals surface area contributed by atoms with Crippen molar-refractivity contribution >= 4 is 0 Å². The van der Waals surface area contributed by atoms with Crippen LogP contribution < -0.4 is 5.48 Å². The summed E-state index contributed by atoms with van der Waals surface area (Å²) in [5, 5.41) is 8.30. The first-order valence-electron chi connectivity index (χ1n) is 3.44. The molecule has 0 bridgehead atoms. The second kappa shape index (κ2) is 2.80. The third-order valence-electron chi connectivity index (χ3n) is 1.92. The standard InChI is InChI=1S/C6H11F2NO/c7-6(8)4-2-1-3-5(6)9-10/h5,9-10H,1-4H2. The van der Waals surface area contributed by atoms with Crippen molar-refractivity contribution in [1.29, 1.82) is 0 Å². The normalized spacial score (nSPS) is 32.1. The smallest absolute Gasteiger partial charge is 0.265 e. The topological polar surface area (TPSA) is 32.3 Å². The van der Waals surface area contributed by atoms with Gasteiger partial charge in [0, 0.05) is 6.42 Å². The van der Waals surface area contributed by atoms with Crippen molar-refractivity contribution in [2.45, 2.75) is 37.6 Å². The van der Waals surface area contributed by atoms with Gasteiger partial charge in [-0.1, -0.05) is 6.42 Å². The van der Waals surface area contributed by atoms with Gasteiger partial charge in [0.05, 0.1) is 6.04 Å². The van der Waals surface area contributed by atoms with Crippen molar-refractivity contribution in [3.05, 3.63) is 0 Å². The third-order valence-corrected chi connectivity index (χ3v) is 1.92. The minimum Gasteiger partial charge on any atom is -0.316 e. The molecule has 10 heavy (non-hydrogen) atoms. The Labute approximate surface area is 58.2 Å². The molecule has 0 amide bonds. The fourth-order valence-corrected chi connectivity index (χ4v) is 1.25. The summed E-state index contributed by atoms with van der Waals surface area (Å²) in [7, 11) is 0. The molecular weight excluding hydrogens is 140 g/mol. The maximum Gasteiger partial charge on any atom is 0.265 e. The number of hydrogen-bond donors (Lipinski definition) is 2. The molecule has 0 saturated heterocycles. The number of rotatable bonds is 1. The van der Waals surface area contributed by atoms with Crippen molar-refractivity contribution in [2.75, 3.05) is 0 Å². The molecule has 0 aromatic heterocycles. The molecule has 1 unspecified atom stereocenters. The molecular formula is C6H11F2NO. The molecule has 2 nitrogen and oxygen atoms in total. The van der Waals surface area contributed by atoms with E-state index in [2.05, 4.69) is 0 Å². The first kappa shape index (κ1) is 7.88. The minimum absolute atomic E-state index is 0.106.